The number of imidazole rings is 1. The van der Waals surface area contributed by atoms with Gasteiger partial charge in [0, 0.05) is 31.5 Å². The van der Waals surface area contributed by atoms with E-state index in [9.17, 15) is 5.11 Å². The van der Waals surface area contributed by atoms with Gasteiger partial charge in [0.05, 0.1) is 34.8 Å². The quantitative estimate of drug-likeness (QED) is 0.716. The lowest BCUT2D eigenvalue weighted by Gasteiger charge is -2.16. The number of hydrogen-bond donors (Lipinski definition) is 2. The van der Waals surface area contributed by atoms with E-state index in [1.807, 2.05) is 15.1 Å². The number of nitrogens with one attached hydrogen (secondary N) is 1. The van der Waals surface area contributed by atoms with E-state index in [4.69, 9.17) is 16.9 Å². The van der Waals surface area contributed by atoms with Gasteiger partial charge < -0.3 is 14.8 Å². The lowest BCUT2D eigenvalue weighted by Crippen LogP contribution is -2.35. The molecule has 134 valence electrons. The largest absolute Gasteiger partial charge is 0.391 e. The first-order chi connectivity index (χ1) is 12.6. The van der Waals surface area contributed by atoms with E-state index in [-0.39, 0.29) is 12.1 Å². The molecule has 0 bridgehead atoms. The number of rotatable bonds is 5. The zero-order chi connectivity index (χ0) is 18.1. The van der Waals surface area contributed by atoms with Gasteiger partial charge >= 0.3 is 0 Å². The fraction of sp³-hybridized carbons (Fsp3) is 0.389. The maximum atomic E-state index is 10.4. The molecule has 7 nitrogen and oxygen atoms in total. The van der Waals surface area contributed by atoms with Gasteiger partial charge in [-0.15, -0.1) is 0 Å². The SMILES string of the molecule is N#Cc1ccc2ncc(CN[C@@H]3CC(Cn4cc(Cl)cn4)C[C@H]3O)n2c1. The van der Waals surface area contributed by atoms with Crippen LogP contribution in [0.2, 0.25) is 5.02 Å². The molecule has 0 aromatic carbocycles. The number of nitrogens with zero attached hydrogens (tertiary/aromatic N) is 5. The van der Waals surface area contributed by atoms with Gasteiger partial charge in [-0.25, -0.2) is 4.98 Å². The first-order valence-corrected chi connectivity index (χ1v) is 8.95. The molecule has 1 fully saturated rings. The predicted octanol–water partition coefficient (Wildman–Crippen LogP) is 1.99. The highest BCUT2D eigenvalue weighted by Gasteiger charge is 2.33. The van der Waals surface area contributed by atoms with Crippen LogP contribution in [0, 0.1) is 17.2 Å². The topological polar surface area (TPSA) is 91.2 Å². The van der Waals surface area contributed by atoms with Gasteiger partial charge in [0.1, 0.15) is 11.7 Å². The molecule has 4 rings (SSSR count). The second-order valence-electron chi connectivity index (χ2n) is 6.78. The van der Waals surface area contributed by atoms with Crippen molar-refractivity contribution >= 4 is 17.2 Å². The third-order valence-electron chi connectivity index (χ3n) is 4.93. The van der Waals surface area contributed by atoms with Crippen molar-refractivity contribution < 1.29 is 5.11 Å². The lowest BCUT2D eigenvalue weighted by atomic mass is 10.1. The molecule has 0 amide bonds. The molecule has 1 aliphatic rings. The van der Waals surface area contributed by atoms with Crippen LogP contribution in [0.25, 0.3) is 5.65 Å². The molecule has 3 aromatic heterocycles. The third-order valence-corrected chi connectivity index (χ3v) is 5.13. The number of aliphatic hydroxyl groups is 1. The van der Waals surface area contributed by atoms with E-state index in [0.717, 1.165) is 30.7 Å². The average Bonchev–Trinajstić information content (AvgIpc) is 3.32. The predicted molar refractivity (Wildman–Crippen MR) is 96.5 cm³/mol. The van der Waals surface area contributed by atoms with Crippen molar-refractivity contribution in [3.8, 4) is 6.07 Å². The summed E-state index contributed by atoms with van der Waals surface area (Å²) in [6, 6.07) is 5.76. The van der Waals surface area contributed by atoms with E-state index in [0.29, 0.717) is 23.0 Å². The summed E-state index contributed by atoms with van der Waals surface area (Å²) in [6.07, 6.45) is 8.24. The molecule has 0 spiro atoms. The highest BCUT2D eigenvalue weighted by molar-refractivity contribution is 6.30. The normalized spacial score (nSPS) is 22.7. The maximum Gasteiger partial charge on any atom is 0.137 e. The first-order valence-electron chi connectivity index (χ1n) is 8.58. The molecule has 26 heavy (non-hydrogen) atoms. The molecule has 2 N–H and O–H groups in total. The molecular weight excluding hydrogens is 352 g/mol. The Hall–Kier alpha value is -2.40. The molecule has 3 heterocycles. The minimum atomic E-state index is -0.389. The molecule has 0 radical (unpaired) electrons. The molecule has 1 aliphatic carbocycles. The second kappa shape index (κ2) is 7.08. The van der Waals surface area contributed by atoms with Gasteiger partial charge in [-0.3, -0.25) is 4.68 Å². The Morgan fingerprint density at radius 1 is 1.31 bits per heavy atom. The number of pyridine rings is 1. The summed E-state index contributed by atoms with van der Waals surface area (Å²) >= 11 is 5.91. The summed E-state index contributed by atoms with van der Waals surface area (Å²) in [4.78, 5) is 4.36. The van der Waals surface area contributed by atoms with E-state index in [1.165, 1.54) is 0 Å². The Kier molecular flexibility index (Phi) is 4.64. The van der Waals surface area contributed by atoms with Crippen LogP contribution >= 0.6 is 11.6 Å². The number of nitriles is 1. The van der Waals surface area contributed by atoms with Crippen molar-refractivity contribution in [1.29, 1.82) is 5.26 Å². The Labute approximate surface area is 155 Å². The fourth-order valence-electron chi connectivity index (χ4n) is 3.65. The van der Waals surface area contributed by atoms with Crippen LogP contribution < -0.4 is 5.32 Å². The van der Waals surface area contributed by atoms with Gasteiger partial charge in [0.2, 0.25) is 0 Å². The smallest absolute Gasteiger partial charge is 0.137 e. The number of aromatic nitrogens is 4. The van der Waals surface area contributed by atoms with Crippen LogP contribution in [0.3, 0.4) is 0 Å². The molecule has 3 atom stereocenters. The van der Waals surface area contributed by atoms with Gasteiger partial charge in [-0.1, -0.05) is 11.6 Å². The van der Waals surface area contributed by atoms with Gasteiger partial charge in [-0.05, 0) is 30.9 Å². The van der Waals surface area contributed by atoms with Crippen LogP contribution in [0.5, 0.6) is 0 Å². The Balaban J connectivity index is 1.39. The summed E-state index contributed by atoms with van der Waals surface area (Å²) in [6.45, 7) is 1.33. The summed E-state index contributed by atoms with van der Waals surface area (Å²) in [5, 5.41) is 27.7. The minimum absolute atomic E-state index is 0.0238. The monoisotopic (exact) mass is 370 g/mol. The van der Waals surface area contributed by atoms with Crippen LogP contribution in [-0.4, -0.2) is 36.4 Å². The molecule has 1 unspecified atom stereocenters. The Morgan fingerprint density at radius 3 is 2.96 bits per heavy atom. The lowest BCUT2D eigenvalue weighted by molar-refractivity contribution is 0.145. The number of aliphatic hydroxyl groups excluding tert-OH is 1. The molecule has 3 aromatic rings. The fourth-order valence-corrected chi connectivity index (χ4v) is 3.81. The van der Waals surface area contributed by atoms with Gasteiger partial charge in [0.25, 0.3) is 0 Å². The van der Waals surface area contributed by atoms with Crippen molar-refractivity contribution in [1.82, 2.24) is 24.5 Å². The average molecular weight is 371 g/mol. The molecule has 8 heteroatoms. The van der Waals surface area contributed by atoms with Crippen molar-refractivity contribution in [2.75, 3.05) is 0 Å². The molecule has 1 saturated carbocycles. The summed E-state index contributed by atoms with van der Waals surface area (Å²) in [5.74, 6) is 0.353. The first kappa shape index (κ1) is 17.0. The number of fused-ring (bicyclic) bond motifs is 1. The van der Waals surface area contributed by atoms with E-state index >= 15 is 0 Å². The van der Waals surface area contributed by atoms with Crippen LogP contribution in [0.1, 0.15) is 24.1 Å². The second-order valence-corrected chi connectivity index (χ2v) is 7.22. The number of hydrogen-bond acceptors (Lipinski definition) is 5. The highest BCUT2D eigenvalue weighted by atomic mass is 35.5. The van der Waals surface area contributed by atoms with Crippen LogP contribution in [0.15, 0.2) is 36.9 Å². The Bertz CT molecular complexity index is 958. The van der Waals surface area contributed by atoms with E-state index in [1.54, 1.807) is 30.9 Å². The minimum Gasteiger partial charge on any atom is -0.391 e. The van der Waals surface area contributed by atoms with Gasteiger partial charge in [-0.2, -0.15) is 10.4 Å². The summed E-state index contributed by atoms with van der Waals surface area (Å²) < 4.78 is 3.74. The molecular formula is C18H19ClN6O. The maximum absolute atomic E-state index is 10.4. The van der Waals surface area contributed by atoms with Crippen molar-refractivity contribution in [3.63, 3.8) is 0 Å². The zero-order valence-electron chi connectivity index (χ0n) is 14.1. The van der Waals surface area contributed by atoms with Gasteiger partial charge in [0.15, 0.2) is 0 Å². The highest BCUT2D eigenvalue weighted by Crippen LogP contribution is 2.28. The molecule has 0 saturated heterocycles. The molecule has 0 aliphatic heterocycles. The van der Waals surface area contributed by atoms with E-state index in [2.05, 4.69) is 21.5 Å². The van der Waals surface area contributed by atoms with Crippen molar-refractivity contribution in [2.24, 2.45) is 5.92 Å². The third kappa shape index (κ3) is 3.44. The van der Waals surface area contributed by atoms with Crippen molar-refractivity contribution in [3.05, 3.63) is 53.2 Å². The zero-order valence-corrected chi connectivity index (χ0v) is 14.8. The van der Waals surface area contributed by atoms with E-state index < -0.39 is 0 Å². The Morgan fingerprint density at radius 2 is 2.19 bits per heavy atom. The number of halogens is 1. The standard InChI is InChI=1S/C18H19ClN6O/c19-14-6-23-24(11-14)9-13-3-16(17(26)4-13)21-7-15-8-22-18-2-1-12(5-20)10-25(15)18/h1-2,6,8,10-11,13,16-17,21,26H,3-4,7,9H2/t13?,16-,17-/m1/s1. The summed E-state index contributed by atoms with van der Waals surface area (Å²) in [7, 11) is 0. The van der Waals surface area contributed by atoms with Crippen molar-refractivity contribution in [2.45, 2.75) is 38.1 Å². The summed E-state index contributed by atoms with van der Waals surface area (Å²) in [5.41, 5.74) is 2.36. The van der Waals surface area contributed by atoms with Crippen LogP contribution in [-0.2, 0) is 13.1 Å². The van der Waals surface area contributed by atoms with Crippen LogP contribution in [0.4, 0.5) is 0 Å².